The lowest BCUT2D eigenvalue weighted by Gasteiger charge is -1.95. The molecule has 0 aliphatic carbocycles. The van der Waals surface area contributed by atoms with Gasteiger partial charge in [0.15, 0.2) is 5.65 Å². The Kier molecular flexibility index (Phi) is 2.45. The van der Waals surface area contributed by atoms with E-state index < -0.39 is 0 Å². The van der Waals surface area contributed by atoms with E-state index in [1.165, 1.54) is 11.5 Å². The van der Waals surface area contributed by atoms with Crippen LogP contribution in [0.4, 0.5) is 5.69 Å². The van der Waals surface area contributed by atoms with Gasteiger partial charge in [-0.1, -0.05) is 6.07 Å². The van der Waals surface area contributed by atoms with Crippen molar-refractivity contribution in [1.82, 2.24) is 13.8 Å². The highest BCUT2D eigenvalue weighted by atomic mass is 32.1. The van der Waals surface area contributed by atoms with Crippen molar-refractivity contribution < 1.29 is 0 Å². The van der Waals surface area contributed by atoms with Crippen LogP contribution >= 0.6 is 11.5 Å². The van der Waals surface area contributed by atoms with Crippen LogP contribution in [-0.2, 0) is 0 Å². The number of hydrogen-bond donors (Lipinski definition) is 0. The number of nitrogens with zero attached hydrogens (tertiary/aromatic N) is 4. The first-order valence-electron chi connectivity index (χ1n) is 5.23. The number of hydrogen-bond acceptors (Lipinski definition) is 4. The number of aromatic nitrogens is 3. The van der Waals surface area contributed by atoms with E-state index in [1.54, 1.807) is 12.4 Å². The predicted molar refractivity (Wildman–Crippen MR) is 67.3 cm³/mol. The fourth-order valence-corrected chi connectivity index (χ4v) is 2.39. The second-order valence-corrected chi connectivity index (χ2v) is 4.40. The van der Waals surface area contributed by atoms with Gasteiger partial charge in [-0.25, -0.2) is 4.99 Å². The van der Waals surface area contributed by atoms with E-state index in [9.17, 15) is 0 Å². The van der Waals surface area contributed by atoms with Crippen LogP contribution in [0.15, 0.2) is 47.8 Å². The van der Waals surface area contributed by atoms with Gasteiger partial charge in [-0.3, -0.25) is 9.38 Å². The quantitative estimate of drug-likeness (QED) is 0.657. The molecule has 0 radical (unpaired) electrons. The van der Waals surface area contributed by atoms with Crippen LogP contribution in [0.1, 0.15) is 5.56 Å². The summed E-state index contributed by atoms with van der Waals surface area (Å²) in [5, 5.41) is 0. The zero-order chi connectivity index (χ0) is 11.7. The maximum atomic E-state index is 4.55. The van der Waals surface area contributed by atoms with E-state index in [1.807, 2.05) is 41.8 Å². The Morgan fingerprint density at radius 1 is 1.24 bits per heavy atom. The second kappa shape index (κ2) is 4.10. The first-order valence-corrected chi connectivity index (χ1v) is 6.00. The summed E-state index contributed by atoms with van der Waals surface area (Å²) in [6.45, 7) is 2.05. The van der Waals surface area contributed by atoms with E-state index in [2.05, 4.69) is 14.3 Å². The molecule has 3 rings (SSSR count). The zero-order valence-corrected chi connectivity index (χ0v) is 10.1. The highest BCUT2D eigenvalue weighted by Crippen LogP contribution is 2.09. The molecule has 0 amide bonds. The molecule has 0 fully saturated rings. The fraction of sp³-hybridized carbons (Fsp3) is 0.0833. The molecule has 0 aromatic carbocycles. The molecule has 0 atom stereocenters. The molecule has 3 heterocycles. The third kappa shape index (κ3) is 1.85. The van der Waals surface area contributed by atoms with Crippen LogP contribution in [0, 0.1) is 6.92 Å². The summed E-state index contributed by atoms with van der Waals surface area (Å²) in [6.07, 6.45) is 5.45. The summed E-state index contributed by atoms with van der Waals surface area (Å²) in [6, 6.07) is 7.80. The van der Waals surface area contributed by atoms with E-state index in [0.717, 1.165) is 21.7 Å². The van der Waals surface area contributed by atoms with Crippen molar-refractivity contribution >= 4 is 22.9 Å². The van der Waals surface area contributed by atoms with Crippen LogP contribution in [0.2, 0.25) is 0 Å². The maximum Gasteiger partial charge on any atom is 0.213 e. The lowest BCUT2D eigenvalue weighted by atomic mass is 10.3. The highest BCUT2D eigenvalue weighted by Gasteiger charge is 2.00. The molecule has 84 valence electrons. The van der Waals surface area contributed by atoms with E-state index >= 15 is 0 Å². The Bertz CT molecular complexity index is 712. The number of pyridine rings is 2. The molecule has 0 N–H and O–H groups in total. The van der Waals surface area contributed by atoms with Gasteiger partial charge in [0.1, 0.15) is 0 Å². The molecule has 0 unspecified atom stereocenters. The van der Waals surface area contributed by atoms with Crippen LogP contribution in [0.3, 0.4) is 0 Å². The summed E-state index contributed by atoms with van der Waals surface area (Å²) in [5.41, 5.74) is 3.00. The fourth-order valence-electron chi connectivity index (χ4n) is 1.61. The Morgan fingerprint density at radius 3 is 2.88 bits per heavy atom. The number of fused-ring (bicyclic) bond motifs is 1. The normalized spacial score (nSPS) is 12.2. The van der Waals surface area contributed by atoms with Crippen LogP contribution in [0.5, 0.6) is 0 Å². The molecule has 3 aromatic rings. The third-order valence-electron chi connectivity index (χ3n) is 2.47. The predicted octanol–water partition coefficient (Wildman–Crippen LogP) is 2.33. The van der Waals surface area contributed by atoms with Gasteiger partial charge in [-0.2, -0.15) is 4.37 Å². The topological polar surface area (TPSA) is 42.5 Å². The number of rotatable bonds is 1. The van der Waals surface area contributed by atoms with E-state index in [4.69, 9.17) is 0 Å². The smallest absolute Gasteiger partial charge is 0.213 e. The first kappa shape index (κ1) is 10.2. The van der Waals surface area contributed by atoms with Crippen LogP contribution in [-0.4, -0.2) is 13.8 Å². The van der Waals surface area contributed by atoms with Crippen molar-refractivity contribution in [2.75, 3.05) is 0 Å². The molecule has 0 spiro atoms. The van der Waals surface area contributed by atoms with E-state index in [-0.39, 0.29) is 0 Å². The average molecular weight is 242 g/mol. The highest BCUT2D eigenvalue weighted by molar-refractivity contribution is 7.03. The van der Waals surface area contributed by atoms with Crippen molar-refractivity contribution in [2.24, 2.45) is 4.99 Å². The minimum Gasteiger partial charge on any atom is -0.275 e. The van der Waals surface area contributed by atoms with Gasteiger partial charge in [-0.15, -0.1) is 0 Å². The van der Waals surface area contributed by atoms with Gasteiger partial charge in [0.05, 0.1) is 5.69 Å². The van der Waals surface area contributed by atoms with Gasteiger partial charge < -0.3 is 0 Å². The third-order valence-corrected chi connectivity index (χ3v) is 3.19. The van der Waals surface area contributed by atoms with Crippen LogP contribution < -0.4 is 4.80 Å². The summed E-state index contributed by atoms with van der Waals surface area (Å²) >= 11 is 1.40. The van der Waals surface area contributed by atoms with Crippen LogP contribution in [0.25, 0.3) is 5.65 Å². The second-order valence-electron chi connectivity index (χ2n) is 3.67. The van der Waals surface area contributed by atoms with Crippen molar-refractivity contribution in [2.45, 2.75) is 6.92 Å². The minimum absolute atomic E-state index is 0.870. The first-order chi connectivity index (χ1) is 8.34. The Balaban J connectivity index is 2.26. The molecule has 3 aromatic heterocycles. The average Bonchev–Trinajstić information content (AvgIpc) is 2.76. The summed E-state index contributed by atoms with van der Waals surface area (Å²) in [7, 11) is 0. The van der Waals surface area contributed by atoms with Gasteiger partial charge in [0.2, 0.25) is 4.80 Å². The molecule has 5 heteroatoms. The Hall–Kier alpha value is -2.01. The van der Waals surface area contributed by atoms with Crippen molar-refractivity contribution in [3.05, 3.63) is 53.2 Å². The molecular weight excluding hydrogens is 232 g/mol. The van der Waals surface area contributed by atoms with Crippen molar-refractivity contribution in [1.29, 1.82) is 0 Å². The molecule has 4 nitrogen and oxygen atoms in total. The molecule has 0 saturated carbocycles. The lowest BCUT2D eigenvalue weighted by Crippen LogP contribution is -2.05. The summed E-state index contributed by atoms with van der Waals surface area (Å²) < 4.78 is 6.41. The number of aryl methyl sites for hydroxylation is 1. The van der Waals surface area contributed by atoms with Gasteiger partial charge >= 0.3 is 0 Å². The van der Waals surface area contributed by atoms with Gasteiger partial charge in [0, 0.05) is 30.1 Å². The molecular formula is C12H10N4S. The van der Waals surface area contributed by atoms with Crippen molar-refractivity contribution in [3.63, 3.8) is 0 Å². The van der Waals surface area contributed by atoms with E-state index in [0.29, 0.717) is 0 Å². The van der Waals surface area contributed by atoms with Gasteiger partial charge in [0.25, 0.3) is 0 Å². The van der Waals surface area contributed by atoms with Crippen molar-refractivity contribution in [3.8, 4) is 0 Å². The van der Waals surface area contributed by atoms with Gasteiger partial charge in [-0.05, 0) is 30.7 Å². The summed E-state index contributed by atoms with van der Waals surface area (Å²) in [4.78, 5) is 9.39. The SMILES string of the molecule is Cc1cccn2/c(=N/c3ccncc3)snc12. The largest absolute Gasteiger partial charge is 0.275 e. The zero-order valence-electron chi connectivity index (χ0n) is 9.24. The molecule has 0 bridgehead atoms. The summed E-state index contributed by atoms with van der Waals surface area (Å²) in [5.74, 6) is 0. The lowest BCUT2D eigenvalue weighted by molar-refractivity contribution is 1.08. The minimum atomic E-state index is 0.870. The molecule has 0 aliphatic heterocycles. The standard InChI is InChI=1S/C12H10N4S/c1-9-3-2-8-16-11(9)15-17-12(16)14-10-4-6-13-7-5-10/h2-8H,1H3/b14-12-. The Morgan fingerprint density at radius 2 is 2.06 bits per heavy atom. The monoisotopic (exact) mass is 242 g/mol. The molecule has 0 saturated heterocycles. The molecule has 0 aliphatic rings. The maximum absolute atomic E-state index is 4.55. The molecule has 17 heavy (non-hydrogen) atoms. The Labute approximate surface area is 102 Å².